The SMILES string of the molecule is N/C(=C\N(N)CCOCCOCCOCCOCCOCCOCCOCCOCCOCCOCCOCCOCCC(=O)ON1C(=O)CCC1=O)c1cccc(NC(=O)N2CCC3(CC2)NC(=O)N(c2ccccc2Cl)C3=O)c1. The smallest absolute Gasteiger partial charge is 0.335 e. The maximum absolute atomic E-state index is 13.5. The predicted octanol–water partition coefficient (Wildman–Crippen LogP) is 2.09. The van der Waals surface area contributed by atoms with Gasteiger partial charge in [-0.15, -0.1) is 5.06 Å². The summed E-state index contributed by atoms with van der Waals surface area (Å²) in [6.07, 6.45) is 2.10. The summed E-state index contributed by atoms with van der Waals surface area (Å²) in [4.78, 5) is 81.6. The summed E-state index contributed by atoms with van der Waals surface area (Å²) >= 11 is 6.28. The summed E-state index contributed by atoms with van der Waals surface area (Å²) in [6, 6.07) is 12.8. The Morgan fingerprint density at radius 2 is 1.04 bits per heavy atom. The van der Waals surface area contributed by atoms with Gasteiger partial charge in [0, 0.05) is 43.4 Å². The number of nitrogens with zero attached hydrogens (tertiary/aromatic N) is 4. The number of halogens is 1. The van der Waals surface area contributed by atoms with Gasteiger partial charge in [-0.05, 0) is 37.1 Å². The second-order valence-electron chi connectivity index (χ2n) is 18.1. The molecular weight excluding hydrogens is 1090 g/mol. The molecule has 81 heavy (non-hydrogen) atoms. The highest BCUT2D eigenvalue weighted by atomic mass is 35.5. The first-order valence-corrected chi connectivity index (χ1v) is 27.4. The van der Waals surface area contributed by atoms with Crippen LogP contribution in [0.1, 0.15) is 37.7 Å². The number of piperidine rings is 1. The van der Waals surface area contributed by atoms with E-state index in [2.05, 4.69) is 10.6 Å². The van der Waals surface area contributed by atoms with Crippen LogP contribution in [0.4, 0.5) is 21.0 Å². The van der Waals surface area contributed by atoms with Crippen LogP contribution >= 0.6 is 11.6 Å². The third-order valence-electron chi connectivity index (χ3n) is 12.1. The molecule has 452 valence electrons. The molecule has 0 unspecified atom stereocenters. The van der Waals surface area contributed by atoms with E-state index in [0.29, 0.717) is 185 Å². The Morgan fingerprint density at radius 3 is 1.49 bits per heavy atom. The van der Waals surface area contributed by atoms with E-state index in [1.807, 2.05) is 0 Å². The minimum absolute atomic E-state index is 0.0480. The predicted molar refractivity (Wildman–Crippen MR) is 291 cm³/mol. The van der Waals surface area contributed by atoms with Gasteiger partial charge in [-0.25, -0.2) is 25.1 Å². The fourth-order valence-electron chi connectivity index (χ4n) is 7.85. The lowest BCUT2D eigenvalue weighted by Crippen LogP contribution is -2.56. The number of para-hydroxylation sites is 1. The number of rotatable bonds is 44. The molecule has 0 aliphatic carbocycles. The number of urea groups is 2. The van der Waals surface area contributed by atoms with Crippen molar-refractivity contribution in [3.63, 3.8) is 0 Å². The van der Waals surface area contributed by atoms with Crippen LogP contribution in [0, 0.1) is 0 Å². The third kappa shape index (κ3) is 25.2. The molecule has 27 nitrogen and oxygen atoms in total. The summed E-state index contributed by atoms with van der Waals surface area (Å²) < 4.78 is 65.9. The molecule has 3 saturated heterocycles. The van der Waals surface area contributed by atoms with Crippen LogP contribution in [-0.4, -0.2) is 234 Å². The number of hydrazine groups is 1. The van der Waals surface area contributed by atoms with Crippen molar-refractivity contribution >= 4 is 64.4 Å². The van der Waals surface area contributed by atoms with E-state index >= 15 is 0 Å². The van der Waals surface area contributed by atoms with E-state index in [1.165, 1.54) is 5.01 Å². The number of likely N-dealkylation sites (tertiary alicyclic amines) is 1. The highest BCUT2D eigenvalue weighted by Gasteiger charge is 2.53. The normalized spacial score (nSPS) is 15.3. The first kappa shape index (κ1) is 66.2. The maximum Gasteiger partial charge on any atom is 0.335 e. The monoisotopic (exact) mass is 1170 g/mol. The molecule has 1 spiro atoms. The molecule has 3 fully saturated rings. The largest absolute Gasteiger partial charge is 0.397 e. The van der Waals surface area contributed by atoms with Gasteiger partial charge in [0.05, 0.1) is 188 Å². The number of imide groups is 2. The van der Waals surface area contributed by atoms with Crippen molar-refractivity contribution in [3.05, 3.63) is 65.3 Å². The summed E-state index contributed by atoms with van der Waals surface area (Å²) in [5.41, 5.74) is 7.12. The molecule has 7 amide bonds. The van der Waals surface area contributed by atoms with Gasteiger partial charge in [0.15, 0.2) is 0 Å². The lowest BCUT2D eigenvalue weighted by atomic mass is 9.87. The third-order valence-corrected chi connectivity index (χ3v) is 12.5. The quantitative estimate of drug-likeness (QED) is 0.0243. The van der Waals surface area contributed by atoms with Crippen LogP contribution < -0.4 is 27.1 Å². The molecule has 2 aromatic carbocycles. The first-order valence-electron chi connectivity index (χ1n) is 27.0. The Balaban J connectivity index is 0.709. The van der Waals surface area contributed by atoms with Gasteiger partial charge in [-0.3, -0.25) is 14.4 Å². The van der Waals surface area contributed by atoms with E-state index in [1.54, 1.807) is 59.6 Å². The number of carbonyl (C=O) groups excluding carboxylic acids is 6. The van der Waals surface area contributed by atoms with Gasteiger partial charge in [-0.2, -0.15) is 0 Å². The van der Waals surface area contributed by atoms with Crippen molar-refractivity contribution in [2.24, 2.45) is 11.6 Å². The molecule has 0 bridgehead atoms. The number of carbonyl (C=O) groups is 6. The molecular formula is C53H79ClN8O19. The Bertz CT molecular complexity index is 2230. The second-order valence-corrected chi connectivity index (χ2v) is 18.5. The molecule has 0 atom stereocenters. The average Bonchev–Trinajstić information content (AvgIpc) is 4.14. The second kappa shape index (κ2) is 39.0. The van der Waals surface area contributed by atoms with Crippen LogP contribution in [0.2, 0.25) is 5.02 Å². The Hall–Kier alpha value is -5.63. The highest BCUT2D eigenvalue weighted by Crippen LogP contribution is 2.35. The number of nitrogens with one attached hydrogen (secondary N) is 2. The van der Waals surface area contributed by atoms with Crippen molar-refractivity contribution in [1.29, 1.82) is 0 Å². The fourth-order valence-corrected chi connectivity index (χ4v) is 8.07. The van der Waals surface area contributed by atoms with Gasteiger partial charge < -0.3 is 88.0 Å². The highest BCUT2D eigenvalue weighted by molar-refractivity contribution is 6.36. The molecule has 0 aromatic heterocycles. The topological polar surface area (TPSA) is 311 Å². The van der Waals surface area contributed by atoms with Crippen molar-refractivity contribution in [3.8, 4) is 0 Å². The lowest BCUT2D eigenvalue weighted by Gasteiger charge is -2.37. The molecule has 2 aromatic rings. The average molecular weight is 1170 g/mol. The van der Waals surface area contributed by atoms with Gasteiger partial charge >= 0.3 is 18.0 Å². The molecule has 5 rings (SSSR count). The number of nitrogens with two attached hydrogens (primary N) is 2. The number of benzene rings is 2. The number of ether oxygens (including phenoxy) is 12. The van der Waals surface area contributed by atoms with Crippen LogP contribution in [0.5, 0.6) is 0 Å². The molecule has 28 heteroatoms. The number of hydrogen-bond acceptors (Lipinski definition) is 22. The summed E-state index contributed by atoms with van der Waals surface area (Å²) in [5.74, 6) is 4.01. The van der Waals surface area contributed by atoms with E-state index in [-0.39, 0.29) is 70.3 Å². The first-order chi connectivity index (χ1) is 39.5. The zero-order valence-corrected chi connectivity index (χ0v) is 46.7. The molecule has 6 N–H and O–H groups in total. The zero-order valence-electron chi connectivity index (χ0n) is 45.9. The minimum atomic E-state index is -1.11. The molecule has 3 heterocycles. The van der Waals surface area contributed by atoms with Gasteiger partial charge in [-0.1, -0.05) is 35.9 Å². The van der Waals surface area contributed by atoms with Gasteiger partial charge in [0.1, 0.15) is 5.54 Å². The molecule has 3 aliphatic rings. The zero-order chi connectivity index (χ0) is 57.8. The van der Waals surface area contributed by atoms with E-state index in [4.69, 9.17) is 84.9 Å². The maximum atomic E-state index is 13.5. The van der Waals surface area contributed by atoms with Crippen LogP contribution in [0.3, 0.4) is 0 Å². The molecule has 0 saturated carbocycles. The van der Waals surface area contributed by atoms with Gasteiger partial charge in [0.25, 0.3) is 17.7 Å². The van der Waals surface area contributed by atoms with Crippen molar-refractivity contribution in [2.45, 2.75) is 37.6 Å². The minimum Gasteiger partial charge on any atom is -0.397 e. The summed E-state index contributed by atoms with van der Waals surface area (Å²) in [6.45, 7) is 10.4. The van der Waals surface area contributed by atoms with Crippen molar-refractivity contribution in [1.82, 2.24) is 20.3 Å². The fraction of sp³-hybridized carbons (Fsp3) is 0.623. The van der Waals surface area contributed by atoms with E-state index in [0.717, 1.165) is 4.90 Å². The standard InChI is InChI=1S/C53H79ClN8O19/c54-44-6-1-2-7-46(44)61-50(66)53(58-52(61)68)11-13-59(14-12-53)51(67)57-43-5-3-4-42(40-43)45(55)41-60(56)15-17-70-19-21-72-23-25-74-27-29-76-31-33-78-35-37-80-39-38-79-36-34-77-32-30-75-28-26-73-24-22-71-20-18-69-16-10-49(65)81-62-47(63)8-9-48(62)64/h1-7,40-41H,8-39,55-56H2,(H,57,67)(H,58,68)/b45-41-. The van der Waals surface area contributed by atoms with E-state index < -0.39 is 29.4 Å². The summed E-state index contributed by atoms with van der Waals surface area (Å²) in [7, 11) is 0. The number of hydroxylamine groups is 2. The van der Waals surface area contributed by atoms with Crippen LogP contribution in [-0.2, 0) is 80.9 Å². The Kier molecular flexibility index (Phi) is 31.8. The number of hydrogen-bond donors (Lipinski definition) is 4. The van der Waals surface area contributed by atoms with E-state index in [9.17, 15) is 28.8 Å². The Morgan fingerprint density at radius 1 is 0.605 bits per heavy atom. The number of anilines is 2. The Labute approximate surface area is 476 Å². The van der Waals surface area contributed by atoms with Crippen molar-refractivity contribution < 1.29 is 90.4 Å². The molecule has 0 radical (unpaired) electrons. The van der Waals surface area contributed by atoms with Crippen LogP contribution in [0.25, 0.3) is 5.70 Å². The van der Waals surface area contributed by atoms with Crippen LogP contribution in [0.15, 0.2) is 54.7 Å². The van der Waals surface area contributed by atoms with Gasteiger partial charge in [0.2, 0.25) is 0 Å². The number of amides is 7. The lowest BCUT2D eigenvalue weighted by molar-refractivity contribution is -0.198. The van der Waals surface area contributed by atoms with Crippen molar-refractivity contribution in [2.75, 3.05) is 188 Å². The summed E-state index contributed by atoms with van der Waals surface area (Å²) in [5, 5.41) is 7.97. The molecule has 3 aliphatic heterocycles.